The van der Waals surface area contributed by atoms with Crippen LogP contribution in [0.15, 0.2) is 24.3 Å². The molecule has 96 valence electrons. The number of rotatable bonds is 8. The molecule has 0 bridgehead atoms. The van der Waals surface area contributed by atoms with Gasteiger partial charge in [-0.05, 0) is 38.2 Å². The van der Waals surface area contributed by atoms with Gasteiger partial charge in [-0.1, -0.05) is 0 Å². The monoisotopic (exact) mass is 239 g/mol. The molecule has 17 heavy (non-hydrogen) atoms. The quantitative estimate of drug-likeness (QED) is 0.749. The smallest absolute Gasteiger partial charge is 0.119 e. The normalized spacial score (nSPS) is 12.2. The predicted molar refractivity (Wildman–Crippen MR) is 67.8 cm³/mol. The summed E-state index contributed by atoms with van der Waals surface area (Å²) in [6.07, 6.45) is 0. The molecule has 4 nitrogen and oxygen atoms in total. The topological polar surface area (TPSA) is 39.7 Å². The van der Waals surface area contributed by atoms with Crippen LogP contribution in [-0.4, -0.2) is 40.0 Å². The van der Waals surface area contributed by atoms with E-state index < -0.39 is 0 Å². The summed E-state index contributed by atoms with van der Waals surface area (Å²) in [5, 5.41) is 3.13. The Hall–Kier alpha value is -1.26. The summed E-state index contributed by atoms with van der Waals surface area (Å²) in [5.74, 6) is 1.70. The van der Waals surface area contributed by atoms with Crippen molar-refractivity contribution in [2.45, 2.75) is 13.0 Å². The van der Waals surface area contributed by atoms with Gasteiger partial charge in [0.05, 0.1) is 19.3 Å². The molecule has 1 aromatic rings. The van der Waals surface area contributed by atoms with Crippen LogP contribution in [0.25, 0.3) is 0 Å². The Morgan fingerprint density at radius 2 is 1.65 bits per heavy atom. The lowest BCUT2D eigenvalue weighted by Crippen LogP contribution is -2.35. The van der Waals surface area contributed by atoms with Crippen molar-refractivity contribution in [1.29, 1.82) is 0 Å². The van der Waals surface area contributed by atoms with Crippen LogP contribution in [-0.2, 0) is 4.74 Å². The number of ether oxygens (including phenoxy) is 3. The van der Waals surface area contributed by atoms with E-state index in [1.807, 2.05) is 38.2 Å². The second-order valence-electron chi connectivity index (χ2n) is 3.66. The first-order chi connectivity index (χ1) is 8.30. The largest absolute Gasteiger partial charge is 0.494 e. The average molecular weight is 239 g/mol. The van der Waals surface area contributed by atoms with Gasteiger partial charge in [-0.3, -0.25) is 0 Å². The molecule has 1 N–H and O–H groups in total. The number of hydrogen-bond donors (Lipinski definition) is 1. The Balaban J connectivity index is 2.40. The van der Waals surface area contributed by atoms with Gasteiger partial charge in [-0.25, -0.2) is 0 Å². The third-order valence-corrected chi connectivity index (χ3v) is 2.36. The van der Waals surface area contributed by atoms with E-state index in [9.17, 15) is 0 Å². The van der Waals surface area contributed by atoms with Gasteiger partial charge in [-0.15, -0.1) is 0 Å². The van der Waals surface area contributed by atoms with Gasteiger partial charge in [-0.2, -0.15) is 0 Å². The van der Waals surface area contributed by atoms with Crippen molar-refractivity contribution in [3.63, 3.8) is 0 Å². The van der Waals surface area contributed by atoms with Gasteiger partial charge >= 0.3 is 0 Å². The number of hydrogen-bond acceptors (Lipinski definition) is 4. The molecule has 1 atom stereocenters. The summed E-state index contributed by atoms with van der Waals surface area (Å²) in [4.78, 5) is 0. The summed E-state index contributed by atoms with van der Waals surface area (Å²) in [7, 11) is 3.58. The Morgan fingerprint density at radius 3 is 2.12 bits per heavy atom. The lowest BCUT2D eigenvalue weighted by atomic mass is 10.3. The van der Waals surface area contributed by atoms with E-state index in [1.54, 1.807) is 7.11 Å². The minimum atomic E-state index is 0.201. The van der Waals surface area contributed by atoms with E-state index in [0.29, 0.717) is 19.8 Å². The third-order valence-electron chi connectivity index (χ3n) is 2.36. The minimum Gasteiger partial charge on any atom is -0.494 e. The molecule has 0 aliphatic carbocycles. The molecule has 0 aliphatic rings. The van der Waals surface area contributed by atoms with Gasteiger partial charge in [0.25, 0.3) is 0 Å². The van der Waals surface area contributed by atoms with Crippen LogP contribution in [0.2, 0.25) is 0 Å². The summed E-state index contributed by atoms with van der Waals surface area (Å²) in [6, 6.07) is 7.83. The summed E-state index contributed by atoms with van der Waals surface area (Å²) < 4.78 is 16.1. The van der Waals surface area contributed by atoms with E-state index in [0.717, 1.165) is 11.5 Å². The lowest BCUT2D eigenvalue weighted by molar-refractivity contribution is 0.140. The molecule has 0 amide bonds. The number of benzene rings is 1. The zero-order valence-corrected chi connectivity index (χ0v) is 10.7. The van der Waals surface area contributed by atoms with Crippen LogP contribution in [0, 0.1) is 0 Å². The molecule has 0 saturated heterocycles. The first kappa shape index (κ1) is 13.8. The van der Waals surface area contributed by atoms with E-state index >= 15 is 0 Å². The molecule has 0 aromatic heterocycles. The molecule has 0 saturated carbocycles. The molecular weight excluding hydrogens is 218 g/mol. The maximum atomic E-state index is 5.65. The standard InChI is InChI=1S/C13H21NO3/c1-4-16-12-5-7-13(8-6-12)17-10-11(14-2)9-15-3/h5-8,11,14H,4,9-10H2,1-3H3. The second kappa shape index (κ2) is 7.92. The Morgan fingerprint density at radius 1 is 1.06 bits per heavy atom. The fraction of sp³-hybridized carbons (Fsp3) is 0.538. The fourth-order valence-corrected chi connectivity index (χ4v) is 1.41. The highest BCUT2D eigenvalue weighted by Crippen LogP contribution is 2.17. The predicted octanol–water partition coefficient (Wildman–Crippen LogP) is 1.70. The molecule has 1 aromatic carbocycles. The van der Waals surface area contributed by atoms with Crippen LogP contribution >= 0.6 is 0 Å². The Bertz CT molecular complexity index is 300. The molecule has 0 aliphatic heterocycles. The van der Waals surface area contributed by atoms with Crippen molar-refractivity contribution in [3.05, 3.63) is 24.3 Å². The number of likely N-dealkylation sites (N-methyl/N-ethyl adjacent to an activating group) is 1. The molecule has 1 rings (SSSR count). The van der Waals surface area contributed by atoms with Gasteiger partial charge < -0.3 is 19.5 Å². The van der Waals surface area contributed by atoms with Crippen LogP contribution < -0.4 is 14.8 Å². The second-order valence-corrected chi connectivity index (χ2v) is 3.66. The molecule has 1 unspecified atom stereocenters. The highest BCUT2D eigenvalue weighted by Gasteiger charge is 2.06. The van der Waals surface area contributed by atoms with Crippen molar-refractivity contribution < 1.29 is 14.2 Å². The average Bonchev–Trinajstić information content (AvgIpc) is 2.36. The van der Waals surface area contributed by atoms with E-state index in [4.69, 9.17) is 14.2 Å². The van der Waals surface area contributed by atoms with Crippen molar-refractivity contribution in [1.82, 2.24) is 5.32 Å². The minimum absolute atomic E-state index is 0.201. The first-order valence-corrected chi connectivity index (χ1v) is 5.82. The third kappa shape index (κ3) is 5.06. The molecule has 0 spiro atoms. The highest BCUT2D eigenvalue weighted by molar-refractivity contribution is 5.31. The zero-order chi connectivity index (χ0) is 12.5. The zero-order valence-electron chi connectivity index (χ0n) is 10.7. The molecule has 0 fully saturated rings. The lowest BCUT2D eigenvalue weighted by Gasteiger charge is -2.16. The number of nitrogens with one attached hydrogen (secondary N) is 1. The van der Waals surface area contributed by atoms with E-state index in [1.165, 1.54) is 0 Å². The van der Waals surface area contributed by atoms with E-state index in [-0.39, 0.29) is 6.04 Å². The summed E-state index contributed by atoms with van der Waals surface area (Å²) in [5.41, 5.74) is 0. The fourth-order valence-electron chi connectivity index (χ4n) is 1.41. The van der Waals surface area contributed by atoms with E-state index in [2.05, 4.69) is 5.32 Å². The maximum Gasteiger partial charge on any atom is 0.119 e. The van der Waals surface area contributed by atoms with Gasteiger partial charge in [0.1, 0.15) is 18.1 Å². The van der Waals surface area contributed by atoms with Crippen molar-refractivity contribution >= 4 is 0 Å². The van der Waals surface area contributed by atoms with Gasteiger partial charge in [0.15, 0.2) is 0 Å². The summed E-state index contributed by atoms with van der Waals surface area (Å²) >= 11 is 0. The van der Waals surface area contributed by atoms with Crippen LogP contribution in [0.1, 0.15) is 6.92 Å². The SMILES string of the molecule is CCOc1ccc(OCC(COC)NC)cc1. The summed E-state index contributed by atoms with van der Waals surface area (Å²) in [6.45, 7) is 3.86. The maximum absolute atomic E-state index is 5.65. The van der Waals surface area contributed by atoms with Crippen molar-refractivity contribution in [3.8, 4) is 11.5 Å². The number of methoxy groups -OCH3 is 1. The van der Waals surface area contributed by atoms with Crippen LogP contribution in [0.4, 0.5) is 0 Å². The molecule has 0 radical (unpaired) electrons. The Kier molecular flexibility index (Phi) is 6.43. The van der Waals surface area contributed by atoms with Gasteiger partial charge in [0, 0.05) is 7.11 Å². The van der Waals surface area contributed by atoms with Crippen molar-refractivity contribution in [2.75, 3.05) is 34.0 Å². The molecule has 0 heterocycles. The highest BCUT2D eigenvalue weighted by atomic mass is 16.5. The molecular formula is C13H21NO3. The first-order valence-electron chi connectivity index (χ1n) is 5.82. The van der Waals surface area contributed by atoms with Gasteiger partial charge in [0.2, 0.25) is 0 Å². The molecule has 4 heteroatoms. The Labute approximate surface area is 103 Å². The van der Waals surface area contributed by atoms with Crippen LogP contribution in [0.3, 0.4) is 0 Å². The van der Waals surface area contributed by atoms with Crippen LogP contribution in [0.5, 0.6) is 11.5 Å². The van der Waals surface area contributed by atoms with Crippen molar-refractivity contribution in [2.24, 2.45) is 0 Å².